The van der Waals surface area contributed by atoms with Gasteiger partial charge < -0.3 is 15.2 Å². The summed E-state index contributed by atoms with van der Waals surface area (Å²) in [4.78, 5) is 12.4. The van der Waals surface area contributed by atoms with Crippen molar-refractivity contribution < 1.29 is 27.4 Å². The van der Waals surface area contributed by atoms with Crippen molar-refractivity contribution in [3.8, 4) is 5.75 Å². The second-order valence-corrected chi connectivity index (χ2v) is 4.64. The van der Waals surface area contributed by atoms with Gasteiger partial charge in [0.15, 0.2) is 5.78 Å². The summed E-state index contributed by atoms with van der Waals surface area (Å²) >= 11 is 0. The van der Waals surface area contributed by atoms with Gasteiger partial charge in [0.2, 0.25) is 0 Å². The highest BCUT2D eigenvalue weighted by molar-refractivity contribution is 6.05. The number of hydrogen-bond donors (Lipinski definition) is 1. The van der Waals surface area contributed by atoms with E-state index < -0.39 is 23.4 Å². The molecule has 1 saturated heterocycles. The van der Waals surface area contributed by atoms with Gasteiger partial charge in [0.25, 0.3) is 0 Å². The Bertz CT molecular complexity index is 496. The average molecular weight is 289 g/mol. The summed E-state index contributed by atoms with van der Waals surface area (Å²) < 4.78 is 46.0. The van der Waals surface area contributed by atoms with Crippen LogP contribution in [0.1, 0.15) is 23.2 Å². The van der Waals surface area contributed by atoms with Crippen molar-refractivity contribution in [2.75, 3.05) is 13.2 Å². The number of benzene rings is 1. The Morgan fingerprint density at radius 2 is 1.85 bits per heavy atom. The molecule has 0 unspecified atom stereocenters. The molecule has 110 valence electrons. The van der Waals surface area contributed by atoms with E-state index in [-0.39, 0.29) is 18.4 Å². The first-order chi connectivity index (χ1) is 9.32. The molecule has 0 atom stereocenters. The van der Waals surface area contributed by atoms with Gasteiger partial charge in [-0.3, -0.25) is 4.79 Å². The highest BCUT2D eigenvalue weighted by atomic mass is 19.4. The van der Waals surface area contributed by atoms with Crippen LogP contribution in [0.2, 0.25) is 0 Å². The normalized spacial score (nSPS) is 18.6. The molecule has 4 nitrogen and oxygen atoms in total. The number of nitrogens with two attached hydrogens (primary N) is 1. The van der Waals surface area contributed by atoms with E-state index >= 15 is 0 Å². The Balaban J connectivity index is 2.30. The minimum Gasteiger partial charge on any atom is -0.405 e. The zero-order valence-electron chi connectivity index (χ0n) is 10.6. The molecule has 1 fully saturated rings. The van der Waals surface area contributed by atoms with Gasteiger partial charge in [-0.25, -0.2) is 0 Å². The van der Waals surface area contributed by atoms with Gasteiger partial charge >= 0.3 is 6.36 Å². The number of Topliss-reactive ketones (excluding diaryl/α,β-unsaturated/α-hetero) is 1. The van der Waals surface area contributed by atoms with Gasteiger partial charge in [-0.15, -0.1) is 13.2 Å². The number of carbonyl (C=O) groups is 1. The standard InChI is InChI=1S/C13H14F3NO3/c14-13(15,16)20-10-4-2-1-3-9(10)11(18)12(17)5-7-19-8-6-12/h1-4H,5-8,17H2. The summed E-state index contributed by atoms with van der Waals surface area (Å²) in [6.07, 6.45) is -4.31. The van der Waals surface area contributed by atoms with E-state index in [9.17, 15) is 18.0 Å². The summed E-state index contributed by atoms with van der Waals surface area (Å²) in [6, 6.07) is 5.22. The number of halogens is 3. The summed E-state index contributed by atoms with van der Waals surface area (Å²) in [5, 5.41) is 0. The molecule has 2 N–H and O–H groups in total. The molecule has 2 rings (SSSR count). The summed E-state index contributed by atoms with van der Waals surface area (Å²) in [5.74, 6) is -1.08. The number of ether oxygens (including phenoxy) is 2. The van der Waals surface area contributed by atoms with Gasteiger partial charge in [-0.05, 0) is 25.0 Å². The lowest BCUT2D eigenvalue weighted by Gasteiger charge is -2.32. The maximum absolute atomic E-state index is 12.4. The van der Waals surface area contributed by atoms with E-state index in [1.807, 2.05) is 0 Å². The molecule has 7 heteroatoms. The fourth-order valence-corrected chi connectivity index (χ4v) is 2.10. The lowest BCUT2D eigenvalue weighted by Crippen LogP contribution is -2.52. The van der Waals surface area contributed by atoms with Crippen molar-refractivity contribution in [3.05, 3.63) is 29.8 Å². The van der Waals surface area contributed by atoms with E-state index in [1.54, 1.807) is 0 Å². The molecule has 0 aliphatic carbocycles. The number of para-hydroxylation sites is 1. The minimum absolute atomic E-state index is 0.158. The lowest BCUT2D eigenvalue weighted by molar-refractivity contribution is -0.274. The number of rotatable bonds is 3. The zero-order valence-corrected chi connectivity index (χ0v) is 10.6. The Morgan fingerprint density at radius 1 is 1.25 bits per heavy atom. The first-order valence-corrected chi connectivity index (χ1v) is 6.08. The Morgan fingerprint density at radius 3 is 2.45 bits per heavy atom. The average Bonchev–Trinajstić information content (AvgIpc) is 2.37. The van der Waals surface area contributed by atoms with Crippen LogP contribution in [0.4, 0.5) is 13.2 Å². The number of carbonyl (C=O) groups excluding carboxylic acids is 1. The molecular formula is C13H14F3NO3. The minimum atomic E-state index is -4.85. The van der Waals surface area contributed by atoms with E-state index in [1.165, 1.54) is 18.2 Å². The van der Waals surface area contributed by atoms with Crippen molar-refractivity contribution in [3.63, 3.8) is 0 Å². The van der Waals surface area contributed by atoms with Gasteiger partial charge in [0, 0.05) is 13.2 Å². The maximum Gasteiger partial charge on any atom is 0.573 e. The Hall–Kier alpha value is -1.60. The predicted molar refractivity (Wildman–Crippen MR) is 64.4 cm³/mol. The fraction of sp³-hybridized carbons (Fsp3) is 0.462. The first kappa shape index (κ1) is 14.8. The van der Waals surface area contributed by atoms with Crippen LogP contribution in [-0.4, -0.2) is 30.9 Å². The van der Waals surface area contributed by atoms with Crippen LogP contribution in [-0.2, 0) is 4.74 Å². The number of hydrogen-bond acceptors (Lipinski definition) is 4. The second kappa shape index (κ2) is 5.41. The summed E-state index contributed by atoms with van der Waals surface area (Å²) in [6.45, 7) is 0.620. The Labute approximate surface area is 113 Å². The SMILES string of the molecule is NC1(C(=O)c2ccccc2OC(F)(F)F)CCOCC1. The molecule has 0 bridgehead atoms. The summed E-state index contributed by atoms with van der Waals surface area (Å²) in [5.41, 5.74) is 4.64. The van der Waals surface area contributed by atoms with Gasteiger partial charge in [0.1, 0.15) is 5.75 Å². The van der Waals surface area contributed by atoms with Crippen molar-refractivity contribution in [1.82, 2.24) is 0 Å². The van der Waals surface area contributed by atoms with Gasteiger partial charge in [0.05, 0.1) is 11.1 Å². The van der Waals surface area contributed by atoms with Gasteiger partial charge in [-0.1, -0.05) is 12.1 Å². The lowest BCUT2D eigenvalue weighted by atomic mass is 9.83. The van der Waals surface area contributed by atoms with E-state index in [0.29, 0.717) is 13.2 Å². The quantitative estimate of drug-likeness (QED) is 0.867. The molecule has 1 aromatic rings. The smallest absolute Gasteiger partial charge is 0.405 e. The largest absolute Gasteiger partial charge is 0.573 e. The van der Waals surface area contributed by atoms with Crippen LogP contribution >= 0.6 is 0 Å². The highest BCUT2D eigenvalue weighted by Gasteiger charge is 2.39. The van der Waals surface area contributed by atoms with Crippen molar-refractivity contribution in [1.29, 1.82) is 0 Å². The molecule has 0 spiro atoms. The molecule has 0 radical (unpaired) electrons. The molecule has 1 heterocycles. The van der Waals surface area contributed by atoms with Crippen LogP contribution in [0.5, 0.6) is 5.75 Å². The molecule has 1 aliphatic rings. The molecular weight excluding hydrogens is 275 g/mol. The molecule has 0 aromatic heterocycles. The van der Waals surface area contributed by atoms with Crippen LogP contribution in [0.3, 0.4) is 0 Å². The topological polar surface area (TPSA) is 61.6 Å². The van der Waals surface area contributed by atoms with Crippen molar-refractivity contribution in [2.45, 2.75) is 24.7 Å². The monoisotopic (exact) mass is 289 g/mol. The van der Waals surface area contributed by atoms with Crippen LogP contribution in [0.15, 0.2) is 24.3 Å². The molecule has 1 aromatic carbocycles. The van der Waals surface area contributed by atoms with E-state index in [2.05, 4.69) is 4.74 Å². The zero-order chi connectivity index (χ0) is 14.8. The molecule has 1 aliphatic heterocycles. The summed E-state index contributed by atoms with van der Waals surface area (Å²) in [7, 11) is 0. The van der Waals surface area contributed by atoms with Crippen LogP contribution < -0.4 is 10.5 Å². The third-order valence-corrected chi connectivity index (χ3v) is 3.19. The molecule has 20 heavy (non-hydrogen) atoms. The van der Waals surface area contributed by atoms with Gasteiger partial charge in [-0.2, -0.15) is 0 Å². The predicted octanol–water partition coefficient (Wildman–Crippen LogP) is 2.28. The third-order valence-electron chi connectivity index (χ3n) is 3.19. The van der Waals surface area contributed by atoms with Crippen LogP contribution in [0, 0.1) is 0 Å². The Kier molecular flexibility index (Phi) is 4.01. The van der Waals surface area contributed by atoms with Crippen molar-refractivity contribution in [2.24, 2.45) is 5.73 Å². The molecule has 0 amide bonds. The molecule has 0 saturated carbocycles. The highest BCUT2D eigenvalue weighted by Crippen LogP contribution is 2.31. The number of ketones is 1. The number of alkyl halides is 3. The fourth-order valence-electron chi connectivity index (χ4n) is 2.10. The van der Waals surface area contributed by atoms with Crippen LogP contribution in [0.25, 0.3) is 0 Å². The van der Waals surface area contributed by atoms with E-state index in [4.69, 9.17) is 10.5 Å². The van der Waals surface area contributed by atoms with E-state index in [0.717, 1.165) is 6.07 Å². The van der Waals surface area contributed by atoms with Crippen molar-refractivity contribution >= 4 is 5.78 Å². The first-order valence-electron chi connectivity index (χ1n) is 6.08. The third kappa shape index (κ3) is 3.29. The maximum atomic E-state index is 12.4. The second-order valence-electron chi connectivity index (χ2n) is 4.64.